The largest absolute Gasteiger partial charge is 0.393 e. The second-order valence-electron chi connectivity index (χ2n) is 4.96. The maximum Gasteiger partial charge on any atom is 0.252 e. The molecule has 0 spiro atoms. The molecule has 2 atom stereocenters. The molecule has 0 aliphatic heterocycles. The van der Waals surface area contributed by atoms with Gasteiger partial charge in [-0.2, -0.15) is 4.31 Å². The topological polar surface area (TPSA) is 57.6 Å². The molecule has 7 heteroatoms. The predicted molar refractivity (Wildman–Crippen MR) is 77.1 cm³/mol. The van der Waals surface area contributed by atoms with Crippen LogP contribution in [-0.2, 0) is 10.0 Å². The van der Waals surface area contributed by atoms with Gasteiger partial charge in [0.2, 0.25) is 0 Å². The molecule has 1 aliphatic rings. The molecule has 19 heavy (non-hydrogen) atoms. The number of aliphatic hydroxyl groups excluding tert-OH is 1. The van der Waals surface area contributed by atoms with Gasteiger partial charge in [-0.15, -0.1) is 11.3 Å². The van der Waals surface area contributed by atoms with Crippen LogP contribution in [0.1, 0.15) is 25.7 Å². The molecule has 0 saturated heterocycles. The molecule has 0 amide bonds. The number of rotatable bonds is 4. The molecule has 0 aromatic carbocycles. The quantitative estimate of drug-likeness (QED) is 0.926. The molecule has 2 rings (SSSR count). The second-order valence-corrected chi connectivity index (χ2v) is 8.94. The average molecular weight is 324 g/mol. The first-order valence-corrected chi connectivity index (χ1v) is 8.94. The van der Waals surface area contributed by atoms with Crippen molar-refractivity contribution in [1.29, 1.82) is 0 Å². The summed E-state index contributed by atoms with van der Waals surface area (Å²) in [5, 5.41) is 9.92. The summed E-state index contributed by atoms with van der Waals surface area (Å²) < 4.78 is 26.7. The zero-order valence-corrected chi connectivity index (χ0v) is 13.1. The van der Waals surface area contributed by atoms with E-state index in [1.807, 2.05) is 0 Å². The zero-order chi connectivity index (χ0) is 14.0. The van der Waals surface area contributed by atoms with Gasteiger partial charge < -0.3 is 5.11 Å². The number of nitrogens with zero attached hydrogens (tertiary/aromatic N) is 1. The van der Waals surface area contributed by atoms with Crippen LogP contribution in [0.25, 0.3) is 0 Å². The third-order valence-corrected chi connectivity index (χ3v) is 7.10. The Bertz CT molecular complexity index is 529. The standard InChI is InChI=1S/C12H18ClNO3S2/c1-14(8-9-4-2-3-5-10(9)15)19(16,17)12-7-6-11(13)18-12/h6-7,9-10,15H,2-5,8H2,1H3. The van der Waals surface area contributed by atoms with Crippen molar-refractivity contribution in [2.75, 3.05) is 13.6 Å². The fourth-order valence-electron chi connectivity index (χ4n) is 2.42. The molecular formula is C12H18ClNO3S2. The van der Waals surface area contributed by atoms with Crippen LogP contribution in [0, 0.1) is 5.92 Å². The number of thiophene rings is 1. The number of aliphatic hydroxyl groups is 1. The van der Waals surface area contributed by atoms with Gasteiger partial charge in [0, 0.05) is 13.6 Å². The number of halogens is 1. The summed E-state index contributed by atoms with van der Waals surface area (Å²) in [6, 6.07) is 3.11. The molecule has 0 bridgehead atoms. The number of sulfonamides is 1. The van der Waals surface area contributed by atoms with Gasteiger partial charge >= 0.3 is 0 Å². The second kappa shape index (κ2) is 6.10. The first kappa shape index (κ1) is 15.3. The highest BCUT2D eigenvalue weighted by Gasteiger charge is 2.29. The Hall–Kier alpha value is -0.140. The van der Waals surface area contributed by atoms with Crippen molar-refractivity contribution < 1.29 is 13.5 Å². The van der Waals surface area contributed by atoms with E-state index in [0.29, 0.717) is 10.9 Å². The molecule has 1 aliphatic carbocycles. The van der Waals surface area contributed by atoms with Crippen molar-refractivity contribution in [2.24, 2.45) is 5.92 Å². The molecule has 1 aromatic rings. The molecule has 108 valence electrons. The maximum atomic E-state index is 12.3. The predicted octanol–water partition coefficient (Wildman–Crippen LogP) is 2.57. The monoisotopic (exact) mass is 323 g/mol. The molecule has 1 fully saturated rings. The minimum Gasteiger partial charge on any atom is -0.393 e. The van der Waals surface area contributed by atoms with E-state index in [4.69, 9.17) is 11.6 Å². The van der Waals surface area contributed by atoms with Gasteiger partial charge in [-0.3, -0.25) is 0 Å². The van der Waals surface area contributed by atoms with E-state index in [1.54, 1.807) is 13.1 Å². The summed E-state index contributed by atoms with van der Waals surface area (Å²) in [5.41, 5.74) is 0. The fourth-order valence-corrected chi connectivity index (χ4v) is 5.34. The van der Waals surface area contributed by atoms with E-state index >= 15 is 0 Å². The molecule has 1 N–H and O–H groups in total. The van der Waals surface area contributed by atoms with E-state index in [-0.39, 0.29) is 10.1 Å². The number of hydrogen-bond acceptors (Lipinski definition) is 4. The van der Waals surface area contributed by atoms with E-state index in [0.717, 1.165) is 37.0 Å². The minimum absolute atomic E-state index is 0.0314. The molecule has 2 unspecified atom stereocenters. The van der Waals surface area contributed by atoms with Gasteiger partial charge in [-0.1, -0.05) is 24.4 Å². The Balaban J connectivity index is 2.08. The lowest BCUT2D eigenvalue weighted by atomic mass is 9.86. The third-order valence-electron chi connectivity index (χ3n) is 3.57. The zero-order valence-electron chi connectivity index (χ0n) is 10.8. The van der Waals surface area contributed by atoms with Crippen LogP contribution in [0.3, 0.4) is 0 Å². The van der Waals surface area contributed by atoms with E-state index in [9.17, 15) is 13.5 Å². The third kappa shape index (κ3) is 3.49. The smallest absolute Gasteiger partial charge is 0.252 e. The Morgan fingerprint density at radius 2 is 2.11 bits per heavy atom. The normalized spacial score (nSPS) is 24.8. The molecule has 1 heterocycles. The summed E-state index contributed by atoms with van der Waals surface area (Å²) in [6.07, 6.45) is 3.34. The maximum absolute atomic E-state index is 12.3. The molecule has 1 aromatic heterocycles. The van der Waals surface area contributed by atoms with Gasteiger partial charge in [-0.25, -0.2) is 8.42 Å². The Labute approximate surface area is 123 Å². The van der Waals surface area contributed by atoms with Crippen molar-refractivity contribution in [1.82, 2.24) is 4.31 Å². The summed E-state index contributed by atoms with van der Waals surface area (Å²) in [7, 11) is -1.92. The van der Waals surface area contributed by atoms with Crippen LogP contribution < -0.4 is 0 Å². The summed E-state index contributed by atoms with van der Waals surface area (Å²) in [6.45, 7) is 0.360. The average Bonchev–Trinajstić information content (AvgIpc) is 2.79. The van der Waals surface area contributed by atoms with Crippen LogP contribution in [0.4, 0.5) is 0 Å². The van der Waals surface area contributed by atoms with Crippen molar-refractivity contribution in [3.05, 3.63) is 16.5 Å². The molecule has 0 radical (unpaired) electrons. The van der Waals surface area contributed by atoms with Crippen molar-refractivity contribution in [2.45, 2.75) is 36.0 Å². The first-order valence-electron chi connectivity index (χ1n) is 6.31. The van der Waals surface area contributed by atoms with Crippen molar-refractivity contribution in [3.8, 4) is 0 Å². The molecule has 1 saturated carbocycles. The van der Waals surface area contributed by atoms with Gasteiger partial charge in [0.15, 0.2) is 0 Å². The van der Waals surface area contributed by atoms with Crippen LogP contribution >= 0.6 is 22.9 Å². The van der Waals surface area contributed by atoms with Gasteiger partial charge in [0.25, 0.3) is 10.0 Å². The Kier molecular flexibility index (Phi) is 4.89. The minimum atomic E-state index is -3.48. The van der Waals surface area contributed by atoms with Crippen molar-refractivity contribution in [3.63, 3.8) is 0 Å². The lowest BCUT2D eigenvalue weighted by Crippen LogP contribution is -2.37. The van der Waals surface area contributed by atoms with Crippen molar-refractivity contribution >= 4 is 33.0 Å². The highest BCUT2D eigenvalue weighted by atomic mass is 35.5. The highest BCUT2D eigenvalue weighted by molar-refractivity contribution is 7.91. The Morgan fingerprint density at radius 3 is 2.68 bits per heavy atom. The summed E-state index contributed by atoms with van der Waals surface area (Å²) in [4.78, 5) is 0. The van der Waals surface area contributed by atoms with Gasteiger partial charge in [0.1, 0.15) is 4.21 Å². The Morgan fingerprint density at radius 1 is 1.42 bits per heavy atom. The molecular weight excluding hydrogens is 306 g/mol. The SMILES string of the molecule is CN(CC1CCCCC1O)S(=O)(=O)c1ccc(Cl)s1. The van der Waals surface area contributed by atoms with Crippen LogP contribution in [0.2, 0.25) is 4.34 Å². The van der Waals surface area contributed by atoms with Crippen LogP contribution in [0.15, 0.2) is 16.3 Å². The lowest BCUT2D eigenvalue weighted by molar-refractivity contribution is 0.0621. The fraction of sp³-hybridized carbons (Fsp3) is 0.667. The van der Waals surface area contributed by atoms with E-state index in [1.165, 1.54) is 10.4 Å². The summed E-state index contributed by atoms with van der Waals surface area (Å²) >= 11 is 6.84. The number of hydrogen-bond donors (Lipinski definition) is 1. The van der Waals surface area contributed by atoms with Crippen LogP contribution in [-0.4, -0.2) is 37.5 Å². The van der Waals surface area contributed by atoms with Gasteiger partial charge in [0.05, 0.1) is 10.4 Å². The van der Waals surface area contributed by atoms with E-state index in [2.05, 4.69) is 0 Å². The van der Waals surface area contributed by atoms with Gasteiger partial charge in [-0.05, 0) is 30.9 Å². The van der Waals surface area contributed by atoms with Crippen LogP contribution in [0.5, 0.6) is 0 Å². The lowest BCUT2D eigenvalue weighted by Gasteiger charge is -2.30. The first-order chi connectivity index (χ1) is 8.91. The molecule has 4 nitrogen and oxygen atoms in total. The van der Waals surface area contributed by atoms with E-state index < -0.39 is 16.1 Å². The highest BCUT2D eigenvalue weighted by Crippen LogP contribution is 2.30. The summed E-state index contributed by atoms with van der Waals surface area (Å²) in [5.74, 6) is 0.0314.